The van der Waals surface area contributed by atoms with Crippen molar-refractivity contribution < 1.29 is 19.3 Å². The number of ether oxygens (including phenoxy) is 2. The second-order valence-electron chi connectivity index (χ2n) is 6.81. The van der Waals surface area contributed by atoms with Gasteiger partial charge in [-0.1, -0.05) is 25.1 Å². The number of amides is 1. The van der Waals surface area contributed by atoms with E-state index in [4.69, 9.17) is 9.47 Å². The maximum Gasteiger partial charge on any atom is 0.422 e. The number of carbonyl (C=O) groups excluding carboxylic acids is 1. The molecule has 0 aromatic heterocycles. The van der Waals surface area contributed by atoms with Gasteiger partial charge in [-0.15, -0.1) is 0 Å². The molecule has 2 heterocycles. The molecule has 0 saturated carbocycles. The number of hydrogen-bond acceptors (Lipinski definition) is 5. The van der Waals surface area contributed by atoms with Crippen molar-refractivity contribution in [1.82, 2.24) is 9.80 Å². The van der Waals surface area contributed by atoms with Crippen molar-refractivity contribution >= 4 is 12.1 Å². The number of rotatable bonds is 5. The van der Waals surface area contributed by atoms with E-state index in [0.717, 1.165) is 12.0 Å². The molecular weight excluding hydrogens is 352 g/mol. The van der Waals surface area contributed by atoms with Gasteiger partial charge >= 0.3 is 6.09 Å². The first-order valence-electron chi connectivity index (χ1n) is 9.14. The third-order valence-electron chi connectivity index (χ3n) is 4.82. The predicted molar refractivity (Wildman–Crippen MR) is 98.1 cm³/mol. The Kier molecular flexibility index (Phi) is 5.90. The van der Waals surface area contributed by atoms with Crippen LogP contribution in [0.5, 0.6) is 5.75 Å². The zero-order chi connectivity index (χ0) is 19.4. The minimum atomic E-state index is -0.776. The van der Waals surface area contributed by atoms with Crippen molar-refractivity contribution in [2.75, 3.05) is 26.2 Å². The third kappa shape index (κ3) is 4.54. The number of hydrogen-bond donors (Lipinski definition) is 0. The van der Waals surface area contributed by atoms with E-state index >= 15 is 0 Å². The molecule has 0 bridgehead atoms. The van der Waals surface area contributed by atoms with Crippen molar-refractivity contribution in [1.29, 1.82) is 0 Å². The number of guanidine groups is 1. The minimum absolute atomic E-state index is 0.0264. The number of nitrogens with zero attached hydrogens (tertiary/aromatic N) is 4. The van der Waals surface area contributed by atoms with Gasteiger partial charge < -0.3 is 14.4 Å². The number of benzene rings is 1. The standard InChI is InChI=1S/C18H24N4O5/c1-3-15-6-4-5-7-16(15)27-18(23)21-9-8-20(17(21)19-22(24)25)11-14-10-13(2)26-12-14/h4-7,13-14H,3,8-12H2,1-2H3. The van der Waals surface area contributed by atoms with Crippen LogP contribution in [0.4, 0.5) is 4.79 Å². The zero-order valence-electron chi connectivity index (χ0n) is 15.5. The Hall–Kier alpha value is -2.68. The van der Waals surface area contributed by atoms with Crippen molar-refractivity contribution in [3.8, 4) is 5.75 Å². The molecule has 3 rings (SSSR count). The average molecular weight is 376 g/mol. The highest BCUT2D eigenvalue weighted by Crippen LogP contribution is 2.24. The lowest BCUT2D eigenvalue weighted by molar-refractivity contribution is -0.486. The Bertz CT molecular complexity index is 738. The predicted octanol–water partition coefficient (Wildman–Crippen LogP) is 2.34. The molecule has 0 radical (unpaired) electrons. The summed E-state index contributed by atoms with van der Waals surface area (Å²) in [5, 5.41) is 13.7. The topological polar surface area (TPSA) is 97.5 Å². The summed E-state index contributed by atoms with van der Waals surface area (Å²) in [6, 6.07) is 7.25. The van der Waals surface area contributed by atoms with Crippen LogP contribution >= 0.6 is 0 Å². The second-order valence-corrected chi connectivity index (χ2v) is 6.81. The Labute approximate surface area is 157 Å². The third-order valence-corrected chi connectivity index (χ3v) is 4.82. The molecule has 2 atom stereocenters. The average Bonchev–Trinajstić information content (AvgIpc) is 3.22. The number of carbonyl (C=O) groups is 1. The first-order valence-corrected chi connectivity index (χ1v) is 9.14. The fourth-order valence-electron chi connectivity index (χ4n) is 3.52. The lowest BCUT2D eigenvalue weighted by Gasteiger charge is -2.21. The van der Waals surface area contributed by atoms with Crippen LogP contribution in [0.3, 0.4) is 0 Å². The molecule has 2 aliphatic heterocycles. The van der Waals surface area contributed by atoms with E-state index in [1.54, 1.807) is 17.0 Å². The summed E-state index contributed by atoms with van der Waals surface area (Å²) in [5.74, 6) is 0.745. The number of nitro groups is 1. The Morgan fingerprint density at radius 1 is 1.41 bits per heavy atom. The molecule has 2 aliphatic rings. The van der Waals surface area contributed by atoms with Crippen LogP contribution in [0, 0.1) is 16.0 Å². The summed E-state index contributed by atoms with van der Waals surface area (Å²) in [4.78, 5) is 26.7. The van der Waals surface area contributed by atoms with Crippen LogP contribution < -0.4 is 4.74 Å². The molecule has 146 valence electrons. The van der Waals surface area contributed by atoms with Crippen molar-refractivity contribution in [2.45, 2.75) is 32.8 Å². The molecule has 1 aromatic rings. The van der Waals surface area contributed by atoms with E-state index in [1.807, 2.05) is 26.0 Å². The first kappa shape index (κ1) is 19.1. The minimum Gasteiger partial charge on any atom is -0.410 e. The van der Waals surface area contributed by atoms with Gasteiger partial charge in [0.15, 0.2) is 5.03 Å². The van der Waals surface area contributed by atoms with E-state index in [9.17, 15) is 14.9 Å². The largest absolute Gasteiger partial charge is 0.422 e. The molecule has 2 unspecified atom stereocenters. The molecule has 0 spiro atoms. The number of para-hydroxylation sites is 1. The van der Waals surface area contributed by atoms with Crippen molar-refractivity contribution in [3.05, 3.63) is 39.9 Å². The maximum atomic E-state index is 12.7. The van der Waals surface area contributed by atoms with E-state index < -0.39 is 11.1 Å². The van der Waals surface area contributed by atoms with Crippen LogP contribution in [0.25, 0.3) is 0 Å². The highest BCUT2D eigenvalue weighted by Gasteiger charge is 2.37. The van der Waals surface area contributed by atoms with Gasteiger partial charge in [0.1, 0.15) is 10.9 Å². The van der Waals surface area contributed by atoms with E-state index in [-0.39, 0.29) is 18.0 Å². The van der Waals surface area contributed by atoms with Gasteiger partial charge in [-0.2, -0.15) is 0 Å². The van der Waals surface area contributed by atoms with Gasteiger partial charge in [0.2, 0.25) is 0 Å². The molecule has 9 nitrogen and oxygen atoms in total. The Morgan fingerprint density at radius 3 is 2.85 bits per heavy atom. The summed E-state index contributed by atoms with van der Waals surface area (Å²) in [6.07, 6.45) is 1.12. The lowest BCUT2D eigenvalue weighted by atomic mass is 10.1. The fraction of sp³-hybridized carbons (Fsp3) is 0.556. The highest BCUT2D eigenvalue weighted by molar-refractivity contribution is 5.96. The summed E-state index contributed by atoms with van der Waals surface area (Å²) in [5.41, 5.74) is 0.895. The van der Waals surface area contributed by atoms with Gasteiger partial charge in [-0.05, 0) is 31.4 Å². The monoisotopic (exact) mass is 376 g/mol. The smallest absolute Gasteiger partial charge is 0.410 e. The molecule has 1 aromatic carbocycles. The summed E-state index contributed by atoms with van der Waals surface area (Å²) >= 11 is 0. The number of hydrazone groups is 1. The fourth-order valence-corrected chi connectivity index (χ4v) is 3.52. The SMILES string of the molecule is CCc1ccccc1OC(=O)N1CCN(CC2COC(C)C2)C1=N[N+](=O)[O-]. The molecule has 2 saturated heterocycles. The van der Waals surface area contributed by atoms with E-state index in [1.165, 1.54) is 4.90 Å². The summed E-state index contributed by atoms with van der Waals surface area (Å²) < 4.78 is 11.1. The van der Waals surface area contributed by atoms with Gasteiger partial charge in [-0.25, -0.2) is 19.8 Å². The van der Waals surface area contributed by atoms with Gasteiger partial charge in [0, 0.05) is 19.0 Å². The highest BCUT2D eigenvalue weighted by atomic mass is 16.7. The van der Waals surface area contributed by atoms with E-state index in [2.05, 4.69) is 5.10 Å². The van der Waals surface area contributed by atoms with E-state index in [0.29, 0.717) is 38.4 Å². The maximum absolute atomic E-state index is 12.7. The molecule has 27 heavy (non-hydrogen) atoms. The van der Waals surface area contributed by atoms with Crippen LogP contribution in [-0.4, -0.2) is 59.2 Å². The molecule has 9 heteroatoms. The normalized spacial score (nSPS) is 23.9. The van der Waals surface area contributed by atoms with Crippen LogP contribution in [0.2, 0.25) is 0 Å². The Balaban J connectivity index is 1.73. The zero-order valence-corrected chi connectivity index (χ0v) is 15.5. The molecular formula is C18H24N4O5. The van der Waals surface area contributed by atoms with Crippen LogP contribution in [-0.2, 0) is 11.2 Å². The molecule has 0 aliphatic carbocycles. The quantitative estimate of drug-likeness (QED) is 0.578. The lowest BCUT2D eigenvalue weighted by Crippen LogP contribution is -2.41. The number of aryl methyl sites for hydroxylation is 1. The van der Waals surface area contributed by atoms with Crippen molar-refractivity contribution in [3.63, 3.8) is 0 Å². The summed E-state index contributed by atoms with van der Waals surface area (Å²) in [6.45, 7) is 5.91. The van der Waals surface area contributed by atoms with Gasteiger partial charge in [0.25, 0.3) is 5.96 Å². The molecule has 1 amide bonds. The van der Waals surface area contributed by atoms with Crippen LogP contribution in [0.15, 0.2) is 29.4 Å². The molecule has 2 fully saturated rings. The Morgan fingerprint density at radius 2 is 2.19 bits per heavy atom. The second kappa shape index (κ2) is 8.34. The van der Waals surface area contributed by atoms with Gasteiger partial charge in [-0.3, -0.25) is 0 Å². The van der Waals surface area contributed by atoms with Crippen LogP contribution in [0.1, 0.15) is 25.8 Å². The van der Waals surface area contributed by atoms with Crippen molar-refractivity contribution in [2.24, 2.45) is 11.0 Å². The summed E-state index contributed by atoms with van der Waals surface area (Å²) in [7, 11) is 0. The van der Waals surface area contributed by atoms with Gasteiger partial charge in [0.05, 0.1) is 19.3 Å². The molecule has 0 N–H and O–H groups in total. The first-order chi connectivity index (χ1) is 13.0.